The number of amides is 1. The molecular formula is C63H73N5O2S2+2. The number of anilines is 1. The van der Waals surface area contributed by atoms with Crippen molar-refractivity contribution >= 4 is 72.5 Å². The molecule has 9 rings (SSSR count). The van der Waals surface area contributed by atoms with Crippen LogP contribution in [0.25, 0.3) is 37.8 Å². The Morgan fingerprint density at radius 3 is 2.33 bits per heavy atom. The molecule has 7 aromatic rings. The van der Waals surface area contributed by atoms with Crippen LogP contribution in [-0.4, -0.2) is 31.8 Å². The van der Waals surface area contributed by atoms with Gasteiger partial charge in [-0.05, 0) is 157 Å². The predicted octanol–water partition coefficient (Wildman–Crippen LogP) is 15.1. The monoisotopic (exact) mass is 996 g/mol. The summed E-state index contributed by atoms with van der Waals surface area (Å²) < 4.78 is 11.3. The topological polar surface area (TPSA) is 62.2 Å². The van der Waals surface area contributed by atoms with E-state index in [2.05, 4.69) is 193 Å². The Morgan fingerprint density at radius 2 is 1.57 bits per heavy atom. The minimum Gasteiger partial charge on any atom is -0.364 e. The number of methoxy groups -OCH3 is 1. The first-order chi connectivity index (χ1) is 35.2. The summed E-state index contributed by atoms with van der Waals surface area (Å²) in [5.41, 5.74) is 9.35. The molecule has 1 N–H and O–H groups in total. The van der Waals surface area contributed by atoms with Crippen molar-refractivity contribution in [3.05, 3.63) is 178 Å². The molecule has 372 valence electrons. The van der Waals surface area contributed by atoms with Gasteiger partial charge in [0.1, 0.15) is 25.0 Å². The lowest BCUT2D eigenvalue weighted by molar-refractivity contribution is -0.697. The number of pyridine rings is 2. The number of hydrogen-bond donors (Lipinski definition) is 1. The van der Waals surface area contributed by atoms with Crippen molar-refractivity contribution in [2.45, 2.75) is 121 Å². The van der Waals surface area contributed by atoms with Crippen molar-refractivity contribution in [3.8, 4) is 0 Å². The van der Waals surface area contributed by atoms with Crippen LogP contribution in [0.5, 0.6) is 0 Å². The van der Waals surface area contributed by atoms with Gasteiger partial charge in [-0.1, -0.05) is 111 Å². The maximum absolute atomic E-state index is 13.2. The largest absolute Gasteiger partial charge is 0.364 e. The molecule has 1 aliphatic heterocycles. The molecular weight excluding hydrogens is 923 g/mol. The zero-order valence-electron chi connectivity index (χ0n) is 43.3. The number of carbonyl (C=O) groups is 1. The number of hydrogen-bond acceptors (Lipinski definition) is 6. The Bertz CT molecular complexity index is 3140. The van der Waals surface area contributed by atoms with E-state index in [4.69, 9.17) is 4.74 Å². The number of aromatic nitrogens is 3. The summed E-state index contributed by atoms with van der Waals surface area (Å²) >= 11 is 3.80. The first kappa shape index (κ1) is 51.0. The van der Waals surface area contributed by atoms with Crippen LogP contribution in [0.3, 0.4) is 0 Å². The molecule has 0 saturated heterocycles. The second kappa shape index (κ2) is 23.8. The van der Waals surface area contributed by atoms with Gasteiger partial charge >= 0.3 is 0 Å². The van der Waals surface area contributed by atoms with Crippen LogP contribution in [0.15, 0.2) is 167 Å². The van der Waals surface area contributed by atoms with E-state index in [9.17, 15) is 4.79 Å². The Kier molecular flexibility index (Phi) is 16.9. The molecule has 9 heteroatoms. The van der Waals surface area contributed by atoms with Crippen molar-refractivity contribution in [3.63, 3.8) is 0 Å². The molecule has 4 heterocycles. The number of nitrogens with one attached hydrogen (secondary N) is 1. The standard InChI is InChI=1S/C63H72N5O2S2/c1-7-45(23-24-46(47-34-39-64-40-35-47)33-38-63(3,8-2)62(69)65-44-70-6)48-36-42-68(43-37-48)41-14-13-20-53-49(27-31-58-66(4)56-29-25-51-16-9-11-21-54(51)60(56)71-58)18-15-19-50(53)28-32-59-67(5)57-30-26-52-17-10-12-22-55(52)61(57)72-59/h9-12,16-17,21-22,25-32,34-37,39-40,42-43,45-46H,7-8,13-15,18-20,23-24,33,38,41,44H2,1-6H3/q+1/p+1. The molecule has 3 atom stereocenters. The minimum atomic E-state index is -0.435. The molecule has 0 bridgehead atoms. The SMILES string of the molecule is CCC(CCC(CCC(C)(CC)C(=O)NCOC)c1ccncc1)c1cc[n+](CCCCC2=C(/C=C/c3sc4c5ccccc5ccc4[n+]3C)CCC/C2=C\C=C2/Sc3c(ccc4ccccc34)N2C)cc1. The van der Waals surface area contributed by atoms with Gasteiger partial charge in [0, 0.05) is 72.9 Å². The normalized spacial score (nSPS) is 16.9. The predicted molar refractivity (Wildman–Crippen MR) is 302 cm³/mol. The van der Waals surface area contributed by atoms with Crippen LogP contribution in [-0.2, 0) is 23.1 Å². The van der Waals surface area contributed by atoms with E-state index in [0.29, 0.717) is 11.8 Å². The van der Waals surface area contributed by atoms with Crippen molar-refractivity contribution in [2.24, 2.45) is 12.5 Å². The van der Waals surface area contributed by atoms with Crippen LogP contribution in [0.1, 0.15) is 126 Å². The zero-order valence-corrected chi connectivity index (χ0v) is 45.0. The maximum atomic E-state index is 13.2. The molecule has 2 aliphatic rings. The lowest BCUT2D eigenvalue weighted by Gasteiger charge is -2.29. The highest BCUT2D eigenvalue weighted by molar-refractivity contribution is 8.04. The van der Waals surface area contributed by atoms with Crippen molar-refractivity contribution in [1.29, 1.82) is 0 Å². The third-order valence-electron chi connectivity index (χ3n) is 15.8. The highest BCUT2D eigenvalue weighted by Gasteiger charge is 2.32. The number of ether oxygens (including phenoxy) is 1. The van der Waals surface area contributed by atoms with Gasteiger partial charge < -0.3 is 15.0 Å². The van der Waals surface area contributed by atoms with Crippen LogP contribution >= 0.6 is 23.1 Å². The first-order valence-corrected chi connectivity index (χ1v) is 28.0. The number of fused-ring (bicyclic) bond motifs is 6. The fourth-order valence-electron chi connectivity index (χ4n) is 11.0. The molecule has 7 nitrogen and oxygen atoms in total. The molecule has 3 aromatic heterocycles. The third kappa shape index (κ3) is 11.5. The second-order valence-corrected chi connectivity index (χ2v) is 22.3. The van der Waals surface area contributed by atoms with Gasteiger partial charge in [-0.3, -0.25) is 9.78 Å². The molecule has 0 spiro atoms. The van der Waals surface area contributed by atoms with Crippen LogP contribution in [0, 0.1) is 5.41 Å². The van der Waals surface area contributed by atoms with Gasteiger partial charge in [0.25, 0.3) is 5.01 Å². The van der Waals surface area contributed by atoms with E-state index in [1.807, 2.05) is 35.5 Å². The van der Waals surface area contributed by atoms with Gasteiger partial charge in [0.15, 0.2) is 12.4 Å². The molecule has 0 saturated carbocycles. The number of benzene rings is 4. The van der Waals surface area contributed by atoms with E-state index in [0.717, 1.165) is 83.6 Å². The number of allylic oxidation sites excluding steroid dienone is 6. The lowest BCUT2D eigenvalue weighted by Crippen LogP contribution is -2.39. The zero-order chi connectivity index (χ0) is 50.0. The van der Waals surface area contributed by atoms with E-state index in [1.165, 1.54) is 80.2 Å². The Morgan fingerprint density at radius 1 is 0.847 bits per heavy atom. The van der Waals surface area contributed by atoms with Gasteiger partial charge in [0.2, 0.25) is 11.4 Å². The number of unbranched alkanes of at least 4 members (excludes halogenated alkanes) is 1. The smallest absolute Gasteiger partial charge is 0.262 e. The molecule has 4 aromatic carbocycles. The third-order valence-corrected chi connectivity index (χ3v) is 18.3. The van der Waals surface area contributed by atoms with E-state index >= 15 is 0 Å². The second-order valence-electron chi connectivity index (χ2n) is 20.2. The Hall–Kier alpha value is -5.87. The molecule has 0 fully saturated rings. The summed E-state index contributed by atoms with van der Waals surface area (Å²) in [6.07, 6.45) is 30.6. The maximum Gasteiger partial charge on any atom is 0.262 e. The van der Waals surface area contributed by atoms with Crippen molar-refractivity contribution < 1.29 is 18.7 Å². The Balaban J connectivity index is 0.891. The summed E-state index contributed by atoms with van der Waals surface area (Å²) in [6, 6.07) is 35.6. The Labute approximate surface area is 436 Å². The number of aryl methyl sites for hydroxylation is 2. The summed E-state index contributed by atoms with van der Waals surface area (Å²) in [4.78, 5) is 21.2. The number of thioether (sulfide) groups is 1. The van der Waals surface area contributed by atoms with Crippen LogP contribution < -0.4 is 19.4 Å². The van der Waals surface area contributed by atoms with E-state index in [-0.39, 0.29) is 12.6 Å². The van der Waals surface area contributed by atoms with Gasteiger partial charge in [-0.15, -0.1) is 0 Å². The summed E-state index contributed by atoms with van der Waals surface area (Å²) in [6.45, 7) is 7.76. The van der Waals surface area contributed by atoms with E-state index in [1.54, 1.807) is 7.11 Å². The number of rotatable bonds is 21. The molecule has 72 heavy (non-hydrogen) atoms. The van der Waals surface area contributed by atoms with Gasteiger partial charge in [-0.2, -0.15) is 4.57 Å². The molecule has 0 radical (unpaired) electrons. The summed E-state index contributed by atoms with van der Waals surface area (Å²) in [5, 5.41) is 10.8. The average molecular weight is 996 g/mol. The van der Waals surface area contributed by atoms with Crippen molar-refractivity contribution in [1.82, 2.24) is 10.3 Å². The highest BCUT2D eigenvalue weighted by atomic mass is 32.2. The summed E-state index contributed by atoms with van der Waals surface area (Å²) in [7, 11) is 6.04. The van der Waals surface area contributed by atoms with Gasteiger partial charge in [-0.25, -0.2) is 4.57 Å². The minimum absolute atomic E-state index is 0.0712. The quantitative estimate of drug-likeness (QED) is 0.0442. The lowest BCUT2D eigenvalue weighted by atomic mass is 9.77. The van der Waals surface area contributed by atoms with E-state index < -0.39 is 5.41 Å². The summed E-state index contributed by atoms with van der Waals surface area (Å²) in [5.74, 6) is 0.905. The number of thiazole rings is 1. The fraction of sp³-hybridized carbons (Fsp3) is 0.365. The van der Waals surface area contributed by atoms with Crippen molar-refractivity contribution in [2.75, 3.05) is 25.8 Å². The first-order valence-electron chi connectivity index (χ1n) is 26.4. The number of carbonyl (C=O) groups excluding carboxylic acids is 1. The number of nitrogens with zero attached hydrogens (tertiary/aromatic N) is 4. The van der Waals surface area contributed by atoms with Crippen LogP contribution in [0.2, 0.25) is 0 Å². The highest BCUT2D eigenvalue weighted by Crippen LogP contribution is 2.49. The average Bonchev–Trinajstić information content (AvgIpc) is 3.93. The fourth-order valence-corrected chi connectivity index (χ4v) is 13.4. The van der Waals surface area contributed by atoms with Gasteiger partial charge in [0.05, 0.1) is 10.7 Å². The molecule has 1 aliphatic carbocycles. The van der Waals surface area contributed by atoms with Crippen LogP contribution in [0.4, 0.5) is 5.69 Å². The molecule has 3 unspecified atom stereocenters. The molecule has 1 amide bonds.